The number of ether oxygens (including phenoxy) is 1. The molecule has 3 nitrogen and oxygen atoms in total. The standard InChI is InChI=1S/C18H23NO2/c1-15-7-6-10-18(17(15)13-19(2)11-12-20)21-14-16-8-4-3-5-9-16/h3-10,20H,11-14H2,1-2H3. The molecular formula is C18H23NO2. The summed E-state index contributed by atoms with van der Waals surface area (Å²) in [5.74, 6) is 0.920. The van der Waals surface area contributed by atoms with Crippen LogP contribution in [0.4, 0.5) is 0 Å². The predicted molar refractivity (Wildman–Crippen MR) is 85.4 cm³/mol. The number of aliphatic hydroxyl groups excluding tert-OH is 1. The van der Waals surface area contributed by atoms with Gasteiger partial charge in [-0.2, -0.15) is 0 Å². The Bertz CT molecular complexity index is 554. The molecule has 21 heavy (non-hydrogen) atoms. The molecule has 0 unspecified atom stereocenters. The maximum Gasteiger partial charge on any atom is 0.124 e. The third-order valence-electron chi connectivity index (χ3n) is 3.51. The first kappa shape index (κ1) is 15.5. The average Bonchev–Trinajstić information content (AvgIpc) is 2.49. The maximum atomic E-state index is 9.03. The number of rotatable bonds is 7. The topological polar surface area (TPSA) is 32.7 Å². The summed E-state index contributed by atoms with van der Waals surface area (Å²) < 4.78 is 5.99. The summed E-state index contributed by atoms with van der Waals surface area (Å²) in [5.41, 5.74) is 3.56. The van der Waals surface area contributed by atoms with Crippen molar-refractivity contribution in [3.8, 4) is 5.75 Å². The normalized spacial score (nSPS) is 10.9. The van der Waals surface area contributed by atoms with Crippen LogP contribution in [0.2, 0.25) is 0 Å². The Morgan fingerprint density at radius 3 is 2.52 bits per heavy atom. The molecule has 0 saturated carbocycles. The summed E-state index contributed by atoms with van der Waals surface area (Å²) in [6.45, 7) is 4.27. The fraction of sp³-hybridized carbons (Fsp3) is 0.333. The number of aryl methyl sites for hydroxylation is 1. The lowest BCUT2D eigenvalue weighted by atomic mass is 10.1. The second kappa shape index (κ2) is 7.81. The minimum atomic E-state index is 0.169. The Hall–Kier alpha value is -1.84. The summed E-state index contributed by atoms with van der Waals surface area (Å²) in [6.07, 6.45) is 0. The molecule has 1 N–H and O–H groups in total. The summed E-state index contributed by atoms with van der Waals surface area (Å²) in [7, 11) is 2.00. The van der Waals surface area contributed by atoms with Gasteiger partial charge in [-0.15, -0.1) is 0 Å². The molecule has 0 fully saturated rings. The first-order valence-corrected chi connectivity index (χ1v) is 7.25. The Kier molecular flexibility index (Phi) is 5.78. The van der Waals surface area contributed by atoms with Gasteiger partial charge in [0.25, 0.3) is 0 Å². The third-order valence-corrected chi connectivity index (χ3v) is 3.51. The van der Waals surface area contributed by atoms with E-state index in [0.717, 1.165) is 17.9 Å². The van der Waals surface area contributed by atoms with E-state index >= 15 is 0 Å². The second-order valence-electron chi connectivity index (χ2n) is 5.29. The zero-order chi connectivity index (χ0) is 15.1. The molecule has 2 rings (SSSR count). The van der Waals surface area contributed by atoms with Crippen molar-refractivity contribution in [3.05, 3.63) is 65.2 Å². The van der Waals surface area contributed by atoms with Crippen LogP contribution in [0.15, 0.2) is 48.5 Å². The number of hydrogen-bond donors (Lipinski definition) is 1. The molecule has 2 aromatic carbocycles. The molecule has 0 spiro atoms. The third kappa shape index (κ3) is 4.59. The van der Waals surface area contributed by atoms with E-state index in [1.54, 1.807) is 0 Å². The highest BCUT2D eigenvalue weighted by Crippen LogP contribution is 2.24. The molecule has 112 valence electrons. The van der Waals surface area contributed by atoms with Crippen molar-refractivity contribution in [2.75, 3.05) is 20.2 Å². The van der Waals surface area contributed by atoms with Crippen molar-refractivity contribution in [1.29, 1.82) is 0 Å². The van der Waals surface area contributed by atoms with E-state index in [-0.39, 0.29) is 6.61 Å². The SMILES string of the molecule is Cc1cccc(OCc2ccccc2)c1CN(C)CCO. The van der Waals surface area contributed by atoms with Crippen molar-refractivity contribution in [2.45, 2.75) is 20.1 Å². The van der Waals surface area contributed by atoms with Gasteiger partial charge in [-0.05, 0) is 31.2 Å². The van der Waals surface area contributed by atoms with E-state index in [0.29, 0.717) is 13.2 Å². The zero-order valence-corrected chi connectivity index (χ0v) is 12.7. The van der Waals surface area contributed by atoms with E-state index in [2.05, 4.69) is 30.0 Å². The average molecular weight is 285 g/mol. The highest BCUT2D eigenvalue weighted by atomic mass is 16.5. The van der Waals surface area contributed by atoms with Gasteiger partial charge in [0.05, 0.1) is 6.61 Å². The Balaban J connectivity index is 2.09. The number of likely N-dealkylation sites (N-methyl/N-ethyl adjacent to an activating group) is 1. The molecule has 0 radical (unpaired) electrons. The minimum Gasteiger partial charge on any atom is -0.489 e. The second-order valence-corrected chi connectivity index (χ2v) is 5.29. The minimum absolute atomic E-state index is 0.169. The molecule has 0 aliphatic rings. The first-order chi connectivity index (χ1) is 10.2. The van der Waals surface area contributed by atoms with Crippen LogP contribution in [0.3, 0.4) is 0 Å². The van der Waals surface area contributed by atoms with Gasteiger partial charge in [-0.3, -0.25) is 4.90 Å². The summed E-state index contributed by atoms with van der Waals surface area (Å²) >= 11 is 0. The molecule has 3 heteroatoms. The molecule has 0 amide bonds. The number of benzene rings is 2. The molecule has 0 aliphatic carbocycles. The van der Waals surface area contributed by atoms with Crippen molar-refractivity contribution >= 4 is 0 Å². The van der Waals surface area contributed by atoms with E-state index in [1.165, 1.54) is 11.1 Å². The van der Waals surface area contributed by atoms with Gasteiger partial charge in [0, 0.05) is 18.7 Å². The quantitative estimate of drug-likeness (QED) is 0.849. The Morgan fingerprint density at radius 1 is 1.05 bits per heavy atom. The summed E-state index contributed by atoms with van der Waals surface area (Å²) in [5, 5.41) is 9.03. The number of hydrogen-bond acceptors (Lipinski definition) is 3. The molecule has 0 bridgehead atoms. The van der Waals surface area contributed by atoms with Crippen LogP contribution in [0.25, 0.3) is 0 Å². The lowest BCUT2D eigenvalue weighted by Gasteiger charge is -2.20. The van der Waals surface area contributed by atoms with Crippen molar-refractivity contribution in [1.82, 2.24) is 4.90 Å². The smallest absolute Gasteiger partial charge is 0.124 e. The summed E-state index contributed by atoms with van der Waals surface area (Å²) in [4.78, 5) is 2.09. The van der Waals surface area contributed by atoms with Gasteiger partial charge < -0.3 is 9.84 Å². The maximum absolute atomic E-state index is 9.03. The first-order valence-electron chi connectivity index (χ1n) is 7.25. The lowest BCUT2D eigenvalue weighted by molar-refractivity contribution is 0.214. The molecule has 0 aliphatic heterocycles. The van der Waals surface area contributed by atoms with Crippen LogP contribution in [0.5, 0.6) is 5.75 Å². The van der Waals surface area contributed by atoms with Crippen molar-refractivity contribution in [3.63, 3.8) is 0 Å². The lowest BCUT2D eigenvalue weighted by Crippen LogP contribution is -2.22. The monoisotopic (exact) mass is 285 g/mol. The van der Waals surface area contributed by atoms with Crippen molar-refractivity contribution in [2.24, 2.45) is 0 Å². The van der Waals surface area contributed by atoms with Crippen LogP contribution < -0.4 is 4.74 Å². The van der Waals surface area contributed by atoms with E-state index in [1.807, 2.05) is 37.4 Å². The zero-order valence-electron chi connectivity index (χ0n) is 12.7. The van der Waals surface area contributed by atoms with E-state index in [4.69, 9.17) is 9.84 Å². The van der Waals surface area contributed by atoms with Gasteiger partial charge in [0.1, 0.15) is 12.4 Å². The van der Waals surface area contributed by atoms with E-state index < -0.39 is 0 Å². The fourth-order valence-electron chi connectivity index (χ4n) is 2.27. The highest BCUT2D eigenvalue weighted by molar-refractivity contribution is 5.39. The molecule has 0 heterocycles. The molecule has 0 saturated heterocycles. The fourth-order valence-corrected chi connectivity index (χ4v) is 2.27. The number of aliphatic hydroxyl groups is 1. The van der Waals surface area contributed by atoms with Crippen LogP contribution in [0.1, 0.15) is 16.7 Å². The highest BCUT2D eigenvalue weighted by Gasteiger charge is 2.09. The largest absolute Gasteiger partial charge is 0.489 e. The van der Waals surface area contributed by atoms with E-state index in [9.17, 15) is 0 Å². The predicted octanol–water partition coefficient (Wildman–Crippen LogP) is 3.00. The summed E-state index contributed by atoms with van der Waals surface area (Å²) in [6, 6.07) is 16.3. The molecule has 0 atom stereocenters. The van der Waals surface area contributed by atoms with Crippen LogP contribution in [-0.2, 0) is 13.2 Å². The van der Waals surface area contributed by atoms with Gasteiger partial charge in [0.15, 0.2) is 0 Å². The van der Waals surface area contributed by atoms with Gasteiger partial charge in [0.2, 0.25) is 0 Å². The van der Waals surface area contributed by atoms with Crippen LogP contribution in [-0.4, -0.2) is 30.2 Å². The number of nitrogens with zero attached hydrogens (tertiary/aromatic N) is 1. The van der Waals surface area contributed by atoms with Crippen LogP contribution in [0, 0.1) is 6.92 Å². The molecule has 2 aromatic rings. The Labute approximate surface area is 126 Å². The van der Waals surface area contributed by atoms with Gasteiger partial charge in [-0.1, -0.05) is 42.5 Å². The molecular weight excluding hydrogens is 262 g/mol. The molecule has 0 aromatic heterocycles. The van der Waals surface area contributed by atoms with Gasteiger partial charge >= 0.3 is 0 Å². The van der Waals surface area contributed by atoms with Crippen LogP contribution >= 0.6 is 0 Å². The Morgan fingerprint density at radius 2 is 1.81 bits per heavy atom. The van der Waals surface area contributed by atoms with Crippen molar-refractivity contribution < 1.29 is 9.84 Å². The van der Waals surface area contributed by atoms with Gasteiger partial charge in [-0.25, -0.2) is 0 Å².